The van der Waals surface area contributed by atoms with Gasteiger partial charge in [0, 0.05) is 12.1 Å². The van der Waals surface area contributed by atoms with Crippen LogP contribution >= 0.6 is 11.6 Å². The van der Waals surface area contributed by atoms with Gasteiger partial charge in [0.25, 0.3) is 5.91 Å². The number of benzene rings is 1. The van der Waals surface area contributed by atoms with Crippen LogP contribution in [0.15, 0.2) is 18.2 Å². The second-order valence-electron chi connectivity index (χ2n) is 4.26. The number of likely N-dealkylation sites (N-methyl/N-ethyl adjacent to an activating group) is 1. The van der Waals surface area contributed by atoms with Gasteiger partial charge in [0.15, 0.2) is 6.10 Å². The Morgan fingerprint density at radius 1 is 1.47 bits per heavy atom. The maximum Gasteiger partial charge on any atom is 0.323 e. The van der Waals surface area contributed by atoms with Crippen LogP contribution < -0.4 is 4.74 Å². The third-order valence-corrected chi connectivity index (χ3v) is 2.77. The molecule has 0 saturated carbocycles. The Bertz CT molecular complexity index is 490. The summed E-state index contributed by atoms with van der Waals surface area (Å²) in [6.07, 6.45) is -0.760. The molecular formula is C13H16ClNO4. The van der Waals surface area contributed by atoms with Crippen LogP contribution in [0.1, 0.15) is 12.5 Å². The van der Waals surface area contributed by atoms with Crippen LogP contribution in [-0.2, 0) is 9.59 Å². The van der Waals surface area contributed by atoms with E-state index < -0.39 is 18.0 Å². The van der Waals surface area contributed by atoms with E-state index >= 15 is 0 Å². The summed E-state index contributed by atoms with van der Waals surface area (Å²) in [5, 5.41) is 9.22. The smallest absolute Gasteiger partial charge is 0.323 e. The van der Waals surface area contributed by atoms with Crippen molar-refractivity contribution in [3.8, 4) is 5.75 Å². The quantitative estimate of drug-likeness (QED) is 0.898. The number of ether oxygens (including phenoxy) is 1. The predicted octanol–water partition coefficient (Wildman–Crippen LogP) is 1.96. The fourth-order valence-corrected chi connectivity index (χ4v) is 1.80. The molecule has 1 N–H and O–H groups in total. The first-order valence-corrected chi connectivity index (χ1v) is 6.08. The van der Waals surface area contributed by atoms with Gasteiger partial charge in [0.1, 0.15) is 12.3 Å². The number of aryl methyl sites for hydroxylation is 1. The van der Waals surface area contributed by atoms with Crippen LogP contribution in [0.2, 0.25) is 5.02 Å². The molecule has 6 heteroatoms. The Morgan fingerprint density at radius 2 is 2.11 bits per heavy atom. The normalized spacial score (nSPS) is 11.8. The van der Waals surface area contributed by atoms with E-state index in [0.29, 0.717) is 10.8 Å². The molecule has 0 radical (unpaired) electrons. The molecule has 1 aromatic carbocycles. The minimum Gasteiger partial charge on any atom is -0.481 e. The van der Waals surface area contributed by atoms with Gasteiger partial charge < -0.3 is 14.7 Å². The minimum absolute atomic E-state index is 0.355. The topological polar surface area (TPSA) is 66.8 Å². The Kier molecular flexibility index (Phi) is 5.18. The van der Waals surface area contributed by atoms with Crippen LogP contribution in [0, 0.1) is 6.92 Å². The SMILES string of the molecule is Cc1cc(Cl)ccc1OC(C)C(=O)N(C)CC(=O)O. The first kappa shape index (κ1) is 15.3. The van der Waals surface area contributed by atoms with Gasteiger partial charge in [-0.1, -0.05) is 11.6 Å². The zero-order valence-corrected chi connectivity index (χ0v) is 11.8. The lowest BCUT2D eigenvalue weighted by Crippen LogP contribution is -2.40. The van der Waals surface area contributed by atoms with Crippen LogP contribution in [-0.4, -0.2) is 41.6 Å². The maximum atomic E-state index is 11.9. The molecule has 0 aliphatic rings. The summed E-state index contributed by atoms with van der Waals surface area (Å²) >= 11 is 5.83. The van der Waals surface area contributed by atoms with Crippen LogP contribution in [0.5, 0.6) is 5.75 Å². The molecule has 0 fully saturated rings. The number of carbonyl (C=O) groups is 2. The van der Waals surface area contributed by atoms with E-state index in [2.05, 4.69) is 0 Å². The lowest BCUT2D eigenvalue weighted by Gasteiger charge is -2.21. The number of hydrogen-bond acceptors (Lipinski definition) is 3. The van der Waals surface area contributed by atoms with Crippen molar-refractivity contribution in [3.05, 3.63) is 28.8 Å². The van der Waals surface area contributed by atoms with Crippen molar-refractivity contribution in [2.75, 3.05) is 13.6 Å². The van der Waals surface area contributed by atoms with Gasteiger partial charge in [-0.25, -0.2) is 0 Å². The third-order valence-electron chi connectivity index (χ3n) is 2.54. The van der Waals surface area contributed by atoms with E-state index in [9.17, 15) is 9.59 Å². The third kappa shape index (κ3) is 4.44. The lowest BCUT2D eigenvalue weighted by molar-refractivity contribution is -0.146. The Hall–Kier alpha value is -1.75. The number of hydrogen-bond donors (Lipinski definition) is 1. The van der Waals surface area contributed by atoms with Gasteiger partial charge in [0.2, 0.25) is 0 Å². The largest absolute Gasteiger partial charge is 0.481 e. The molecule has 19 heavy (non-hydrogen) atoms. The van der Waals surface area contributed by atoms with Crippen molar-refractivity contribution in [3.63, 3.8) is 0 Å². The number of aliphatic carboxylic acids is 1. The first-order valence-electron chi connectivity index (χ1n) is 5.71. The highest BCUT2D eigenvalue weighted by molar-refractivity contribution is 6.30. The average Bonchev–Trinajstić information content (AvgIpc) is 2.30. The molecular weight excluding hydrogens is 270 g/mol. The predicted molar refractivity (Wildman–Crippen MR) is 71.6 cm³/mol. The van der Waals surface area contributed by atoms with Crippen molar-refractivity contribution >= 4 is 23.5 Å². The van der Waals surface area contributed by atoms with E-state index in [1.54, 1.807) is 25.1 Å². The molecule has 1 atom stereocenters. The summed E-state index contributed by atoms with van der Waals surface area (Å²) in [6, 6.07) is 5.08. The zero-order valence-electron chi connectivity index (χ0n) is 11.0. The van der Waals surface area contributed by atoms with Gasteiger partial charge >= 0.3 is 5.97 Å². The summed E-state index contributed by atoms with van der Waals surface area (Å²) in [5.41, 5.74) is 0.813. The second kappa shape index (κ2) is 6.43. The summed E-state index contributed by atoms with van der Waals surface area (Å²) in [6.45, 7) is 3.04. The van der Waals surface area contributed by atoms with E-state index in [1.165, 1.54) is 7.05 Å². The van der Waals surface area contributed by atoms with Crippen LogP contribution in [0.3, 0.4) is 0 Å². The van der Waals surface area contributed by atoms with Crippen molar-refractivity contribution in [2.24, 2.45) is 0 Å². The highest BCUT2D eigenvalue weighted by Crippen LogP contribution is 2.23. The van der Waals surface area contributed by atoms with Crippen molar-refractivity contribution in [2.45, 2.75) is 20.0 Å². The van der Waals surface area contributed by atoms with Crippen molar-refractivity contribution in [1.82, 2.24) is 4.90 Å². The number of carboxylic acid groups (broad SMARTS) is 1. The molecule has 5 nitrogen and oxygen atoms in total. The lowest BCUT2D eigenvalue weighted by atomic mass is 10.2. The first-order chi connectivity index (χ1) is 8.81. The Balaban J connectivity index is 2.70. The summed E-state index contributed by atoms with van der Waals surface area (Å²) in [5.74, 6) is -0.906. The van der Waals surface area contributed by atoms with Gasteiger partial charge in [-0.2, -0.15) is 0 Å². The van der Waals surface area contributed by atoms with Crippen molar-refractivity contribution < 1.29 is 19.4 Å². The van der Waals surface area contributed by atoms with Crippen LogP contribution in [0.4, 0.5) is 0 Å². The molecule has 0 bridgehead atoms. The van der Waals surface area contributed by atoms with Gasteiger partial charge in [-0.05, 0) is 37.6 Å². The van der Waals surface area contributed by atoms with Gasteiger partial charge in [0.05, 0.1) is 0 Å². The molecule has 104 valence electrons. The molecule has 1 aromatic rings. The van der Waals surface area contributed by atoms with Gasteiger partial charge in [-0.3, -0.25) is 9.59 Å². The molecule has 1 rings (SSSR count). The standard InChI is InChI=1S/C13H16ClNO4/c1-8-6-10(14)4-5-11(8)19-9(2)13(18)15(3)7-12(16)17/h4-6,9H,7H2,1-3H3,(H,16,17). The number of nitrogens with zero attached hydrogens (tertiary/aromatic N) is 1. The van der Waals surface area contributed by atoms with E-state index in [4.69, 9.17) is 21.4 Å². The maximum absolute atomic E-state index is 11.9. The molecule has 0 heterocycles. The number of halogens is 1. The summed E-state index contributed by atoms with van der Waals surface area (Å²) in [4.78, 5) is 23.5. The molecule has 0 saturated heterocycles. The molecule has 1 amide bonds. The molecule has 0 aliphatic carbocycles. The van der Waals surface area contributed by atoms with Gasteiger partial charge in [-0.15, -0.1) is 0 Å². The minimum atomic E-state index is -1.06. The summed E-state index contributed by atoms with van der Waals surface area (Å²) < 4.78 is 5.52. The number of rotatable bonds is 5. The second-order valence-corrected chi connectivity index (χ2v) is 4.69. The zero-order chi connectivity index (χ0) is 14.6. The van der Waals surface area contributed by atoms with Crippen molar-refractivity contribution in [1.29, 1.82) is 0 Å². The van der Waals surface area contributed by atoms with E-state index in [1.807, 2.05) is 6.92 Å². The highest BCUT2D eigenvalue weighted by Gasteiger charge is 2.21. The fraction of sp³-hybridized carbons (Fsp3) is 0.385. The number of carbonyl (C=O) groups excluding carboxylic acids is 1. The Morgan fingerprint density at radius 3 is 2.63 bits per heavy atom. The van der Waals surface area contributed by atoms with Crippen LogP contribution in [0.25, 0.3) is 0 Å². The number of amides is 1. The molecule has 0 aromatic heterocycles. The highest BCUT2D eigenvalue weighted by atomic mass is 35.5. The number of carboxylic acids is 1. The van der Waals surface area contributed by atoms with E-state index in [0.717, 1.165) is 10.5 Å². The molecule has 1 unspecified atom stereocenters. The molecule has 0 spiro atoms. The Labute approximate surface area is 116 Å². The van der Waals surface area contributed by atoms with E-state index in [-0.39, 0.29) is 6.54 Å². The summed E-state index contributed by atoms with van der Waals surface area (Å²) in [7, 11) is 1.42. The average molecular weight is 286 g/mol. The monoisotopic (exact) mass is 285 g/mol. The fourth-order valence-electron chi connectivity index (χ4n) is 1.58. The molecule has 0 aliphatic heterocycles.